The van der Waals surface area contributed by atoms with Crippen molar-refractivity contribution in [2.75, 3.05) is 7.11 Å². The van der Waals surface area contributed by atoms with Crippen LogP contribution in [0.1, 0.15) is 46.7 Å². The van der Waals surface area contributed by atoms with Gasteiger partial charge in [0.25, 0.3) is 0 Å². The van der Waals surface area contributed by atoms with Crippen LogP contribution in [0.2, 0.25) is 0 Å². The number of hydrogen-bond acceptors (Lipinski definition) is 4. The summed E-state index contributed by atoms with van der Waals surface area (Å²) in [5, 5.41) is 11.7. The van der Waals surface area contributed by atoms with E-state index in [4.69, 9.17) is 14.3 Å². The van der Waals surface area contributed by atoms with Crippen molar-refractivity contribution in [3.05, 3.63) is 53.0 Å². The third-order valence-electron chi connectivity index (χ3n) is 3.81. The Hall–Kier alpha value is -2.76. The lowest BCUT2D eigenvalue weighted by atomic mass is 9.97. The molecule has 0 aliphatic rings. The average Bonchev–Trinajstić information content (AvgIpc) is 2.94. The van der Waals surface area contributed by atoms with E-state index in [2.05, 4.69) is 5.32 Å². The topological polar surface area (TPSA) is 88.8 Å². The number of aromatic carboxylic acids is 1. The number of carboxylic acids is 1. The number of benzene rings is 1. The Bertz CT molecular complexity index is 735. The van der Waals surface area contributed by atoms with E-state index in [9.17, 15) is 9.59 Å². The van der Waals surface area contributed by atoms with Crippen molar-refractivity contribution in [3.63, 3.8) is 0 Å². The molecule has 1 aromatic carbocycles. The number of furan rings is 1. The van der Waals surface area contributed by atoms with Crippen molar-refractivity contribution in [3.8, 4) is 5.75 Å². The molecule has 0 radical (unpaired) electrons. The molecule has 0 aliphatic heterocycles. The summed E-state index contributed by atoms with van der Waals surface area (Å²) < 4.78 is 10.5. The molecule has 0 saturated carbocycles. The molecular weight excluding hydrogens is 310 g/mol. The summed E-state index contributed by atoms with van der Waals surface area (Å²) in [7, 11) is 1.60. The standard InChI is InChI=1S/C18H21NO5/c1-11(13-5-4-6-14(8-13)23-3)7-17(20)19-10-15-9-16(18(21)22)12(2)24-15/h4-6,8-9,11H,7,10H2,1-3H3,(H,19,20)(H,21,22). The summed E-state index contributed by atoms with van der Waals surface area (Å²) in [4.78, 5) is 23.1. The number of ether oxygens (including phenoxy) is 1. The minimum Gasteiger partial charge on any atom is -0.497 e. The number of hydrogen-bond donors (Lipinski definition) is 2. The van der Waals surface area contributed by atoms with Gasteiger partial charge in [0.05, 0.1) is 13.7 Å². The first-order chi connectivity index (χ1) is 11.4. The fraction of sp³-hybridized carbons (Fsp3) is 0.333. The van der Waals surface area contributed by atoms with Crippen molar-refractivity contribution >= 4 is 11.9 Å². The van der Waals surface area contributed by atoms with Gasteiger partial charge >= 0.3 is 5.97 Å². The first-order valence-electron chi connectivity index (χ1n) is 7.64. The highest BCUT2D eigenvalue weighted by atomic mass is 16.5. The van der Waals surface area contributed by atoms with Crippen LogP contribution in [0.4, 0.5) is 0 Å². The number of methoxy groups -OCH3 is 1. The van der Waals surface area contributed by atoms with Gasteiger partial charge in [0.15, 0.2) is 0 Å². The van der Waals surface area contributed by atoms with Crippen LogP contribution in [0.5, 0.6) is 5.75 Å². The van der Waals surface area contributed by atoms with E-state index in [1.165, 1.54) is 6.07 Å². The fourth-order valence-corrected chi connectivity index (χ4v) is 2.45. The smallest absolute Gasteiger partial charge is 0.339 e. The van der Waals surface area contributed by atoms with Crippen LogP contribution in [-0.4, -0.2) is 24.1 Å². The zero-order valence-electron chi connectivity index (χ0n) is 14.0. The third kappa shape index (κ3) is 4.38. The lowest BCUT2D eigenvalue weighted by molar-refractivity contribution is -0.121. The molecule has 6 heteroatoms. The SMILES string of the molecule is COc1cccc(C(C)CC(=O)NCc2cc(C(=O)O)c(C)o2)c1. The van der Waals surface area contributed by atoms with E-state index in [0.717, 1.165) is 11.3 Å². The second-order valence-corrected chi connectivity index (χ2v) is 5.65. The Balaban J connectivity index is 1.90. The number of aryl methyl sites for hydroxylation is 1. The highest BCUT2D eigenvalue weighted by molar-refractivity contribution is 5.88. The van der Waals surface area contributed by atoms with Crippen molar-refractivity contribution in [2.45, 2.75) is 32.7 Å². The minimum atomic E-state index is -1.04. The summed E-state index contributed by atoms with van der Waals surface area (Å²) >= 11 is 0. The Morgan fingerprint density at radius 2 is 2.08 bits per heavy atom. The highest BCUT2D eigenvalue weighted by Gasteiger charge is 2.15. The molecule has 1 amide bonds. The van der Waals surface area contributed by atoms with E-state index in [0.29, 0.717) is 17.9 Å². The molecule has 0 spiro atoms. The van der Waals surface area contributed by atoms with Gasteiger partial charge in [-0.15, -0.1) is 0 Å². The maximum Gasteiger partial charge on any atom is 0.339 e. The average molecular weight is 331 g/mol. The van der Waals surface area contributed by atoms with E-state index < -0.39 is 5.97 Å². The van der Waals surface area contributed by atoms with Crippen LogP contribution >= 0.6 is 0 Å². The molecule has 1 unspecified atom stereocenters. The number of carboxylic acid groups (broad SMARTS) is 1. The van der Waals surface area contributed by atoms with E-state index >= 15 is 0 Å². The predicted octanol–water partition coefficient (Wildman–Crippen LogP) is 3.10. The summed E-state index contributed by atoms with van der Waals surface area (Å²) in [6, 6.07) is 9.04. The fourth-order valence-electron chi connectivity index (χ4n) is 2.45. The Labute approximate surface area is 140 Å². The zero-order chi connectivity index (χ0) is 17.7. The van der Waals surface area contributed by atoms with Crippen LogP contribution in [0.15, 0.2) is 34.7 Å². The van der Waals surface area contributed by atoms with Crippen molar-refractivity contribution in [1.82, 2.24) is 5.32 Å². The van der Waals surface area contributed by atoms with Crippen LogP contribution < -0.4 is 10.1 Å². The van der Waals surface area contributed by atoms with Gasteiger partial charge in [-0.3, -0.25) is 4.79 Å². The van der Waals surface area contributed by atoms with Gasteiger partial charge in [-0.05, 0) is 36.6 Å². The summed E-state index contributed by atoms with van der Waals surface area (Å²) in [5.41, 5.74) is 1.13. The first-order valence-corrected chi connectivity index (χ1v) is 7.64. The van der Waals surface area contributed by atoms with Gasteiger partial charge in [-0.25, -0.2) is 4.79 Å². The molecule has 6 nitrogen and oxygen atoms in total. The molecule has 0 saturated heterocycles. The van der Waals surface area contributed by atoms with Gasteiger partial charge in [-0.1, -0.05) is 19.1 Å². The lowest BCUT2D eigenvalue weighted by Crippen LogP contribution is -2.23. The van der Waals surface area contributed by atoms with E-state index in [-0.39, 0.29) is 23.9 Å². The van der Waals surface area contributed by atoms with Gasteiger partial charge in [-0.2, -0.15) is 0 Å². The van der Waals surface area contributed by atoms with Crippen LogP contribution in [0.3, 0.4) is 0 Å². The number of nitrogens with one attached hydrogen (secondary N) is 1. The molecule has 1 heterocycles. The summed E-state index contributed by atoms with van der Waals surface area (Å²) in [6.07, 6.45) is 0.318. The number of rotatable bonds is 7. The van der Waals surface area contributed by atoms with Crippen molar-refractivity contribution in [1.29, 1.82) is 0 Å². The molecule has 128 valence electrons. The summed E-state index contributed by atoms with van der Waals surface area (Å²) in [6.45, 7) is 3.71. The summed E-state index contributed by atoms with van der Waals surface area (Å²) in [5.74, 6) is 0.375. The van der Waals surface area contributed by atoms with Gasteiger partial charge in [0.2, 0.25) is 5.91 Å². The maximum atomic E-state index is 12.1. The van der Waals surface area contributed by atoms with Gasteiger partial charge < -0.3 is 19.6 Å². The molecule has 1 aromatic heterocycles. The Kier molecular flexibility index (Phi) is 5.63. The third-order valence-corrected chi connectivity index (χ3v) is 3.81. The van der Waals surface area contributed by atoms with Crippen molar-refractivity contribution < 1.29 is 23.8 Å². The molecule has 0 bridgehead atoms. The molecule has 1 atom stereocenters. The zero-order valence-corrected chi connectivity index (χ0v) is 14.0. The molecule has 0 fully saturated rings. The molecule has 2 N–H and O–H groups in total. The van der Waals surface area contributed by atoms with E-state index in [1.807, 2.05) is 31.2 Å². The molecule has 2 rings (SSSR count). The van der Waals surface area contributed by atoms with Crippen LogP contribution in [-0.2, 0) is 11.3 Å². The molecule has 2 aromatic rings. The highest BCUT2D eigenvalue weighted by Crippen LogP contribution is 2.23. The second-order valence-electron chi connectivity index (χ2n) is 5.65. The normalized spacial score (nSPS) is 11.8. The maximum absolute atomic E-state index is 12.1. The number of carbonyl (C=O) groups is 2. The first kappa shape index (κ1) is 17.6. The van der Waals surface area contributed by atoms with Crippen LogP contribution in [0.25, 0.3) is 0 Å². The monoisotopic (exact) mass is 331 g/mol. The Morgan fingerprint density at radius 1 is 1.33 bits per heavy atom. The molecular formula is C18H21NO5. The predicted molar refractivity (Wildman–Crippen MR) is 88.3 cm³/mol. The quantitative estimate of drug-likeness (QED) is 0.814. The molecule has 0 aliphatic carbocycles. The van der Waals surface area contributed by atoms with Gasteiger partial charge in [0.1, 0.15) is 22.8 Å². The minimum absolute atomic E-state index is 0.0352. The largest absolute Gasteiger partial charge is 0.497 e. The van der Waals surface area contributed by atoms with Gasteiger partial charge in [0, 0.05) is 6.42 Å². The van der Waals surface area contributed by atoms with Crippen molar-refractivity contribution in [2.24, 2.45) is 0 Å². The van der Waals surface area contributed by atoms with E-state index in [1.54, 1.807) is 14.0 Å². The number of amides is 1. The number of carbonyl (C=O) groups excluding carboxylic acids is 1. The lowest BCUT2D eigenvalue weighted by Gasteiger charge is -2.12. The Morgan fingerprint density at radius 3 is 2.71 bits per heavy atom. The van der Waals surface area contributed by atoms with Crippen LogP contribution in [0, 0.1) is 6.92 Å². The molecule has 24 heavy (non-hydrogen) atoms. The second kappa shape index (κ2) is 7.68.